The fourth-order valence-electron chi connectivity index (χ4n) is 3.64. The summed E-state index contributed by atoms with van der Waals surface area (Å²) < 4.78 is 5.84. The maximum Gasteiger partial charge on any atom is 0.287 e. The van der Waals surface area contributed by atoms with E-state index in [-0.39, 0.29) is 22.6 Å². The second kappa shape index (κ2) is 8.67. The van der Waals surface area contributed by atoms with Crippen LogP contribution in [0.5, 0.6) is 0 Å². The molecule has 0 aliphatic heterocycles. The number of nitrogens with one attached hydrogen (secondary N) is 1. The molecule has 0 aliphatic carbocycles. The van der Waals surface area contributed by atoms with E-state index in [1.807, 2.05) is 34.0 Å². The SMILES string of the molecule is Cc1ccc2c(=O)cc(C(=O)NCC(c3ccc(C(C)(C)C)cc3)N(C)C)oc2c1C. The summed E-state index contributed by atoms with van der Waals surface area (Å²) in [6.45, 7) is 10.8. The molecule has 1 aromatic heterocycles. The third-order valence-electron chi connectivity index (χ3n) is 5.88. The van der Waals surface area contributed by atoms with Gasteiger partial charge in [0.1, 0.15) is 5.58 Å². The van der Waals surface area contributed by atoms with E-state index in [1.165, 1.54) is 11.6 Å². The summed E-state index contributed by atoms with van der Waals surface area (Å²) in [6.07, 6.45) is 0. The second-order valence-electron chi connectivity index (χ2n) is 9.42. The Labute approximate surface area is 184 Å². The molecule has 0 saturated carbocycles. The molecule has 1 N–H and O–H groups in total. The van der Waals surface area contributed by atoms with Crippen LogP contribution in [-0.4, -0.2) is 31.4 Å². The van der Waals surface area contributed by atoms with Gasteiger partial charge >= 0.3 is 0 Å². The van der Waals surface area contributed by atoms with Gasteiger partial charge in [-0.15, -0.1) is 0 Å². The zero-order valence-electron chi connectivity index (χ0n) is 19.5. The Morgan fingerprint density at radius 1 is 1.06 bits per heavy atom. The van der Waals surface area contributed by atoms with Crippen LogP contribution in [0.3, 0.4) is 0 Å². The third kappa shape index (κ3) is 4.88. The number of amides is 1. The Hall–Kier alpha value is -2.92. The van der Waals surface area contributed by atoms with E-state index in [2.05, 4.69) is 55.3 Å². The highest BCUT2D eigenvalue weighted by Crippen LogP contribution is 2.25. The normalized spacial score (nSPS) is 12.9. The van der Waals surface area contributed by atoms with Crippen LogP contribution >= 0.6 is 0 Å². The topological polar surface area (TPSA) is 62.6 Å². The van der Waals surface area contributed by atoms with Gasteiger partial charge in [0.25, 0.3) is 5.91 Å². The van der Waals surface area contributed by atoms with E-state index in [0.29, 0.717) is 17.5 Å². The Morgan fingerprint density at radius 2 is 1.71 bits per heavy atom. The summed E-state index contributed by atoms with van der Waals surface area (Å²) in [5.74, 6) is -0.357. The molecule has 31 heavy (non-hydrogen) atoms. The van der Waals surface area contributed by atoms with Crippen LogP contribution in [0.2, 0.25) is 0 Å². The quantitative estimate of drug-likeness (QED) is 0.648. The first kappa shape index (κ1) is 22.8. The van der Waals surface area contributed by atoms with Crippen LogP contribution in [0.15, 0.2) is 51.7 Å². The molecule has 3 rings (SSSR count). The van der Waals surface area contributed by atoms with Crippen LogP contribution in [0.4, 0.5) is 0 Å². The Bertz CT molecular complexity index is 1150. The fourth-order valence-corrected chi connectivity index (χ4v) is 3.64. The maximum atomic E-state index is 12.8. The zero-order valence-corrected chi connectivity index (χ0v) is 19.5. The van der Waals surface area contributed by atoms with E-state index < -0.39 is 5.91 Å². The van der Waals surface area contributed by atoms with Crippen LogP contribution in [0.1, 0.15) is 59.6 Å². The molecule has 0 aliphatic rings. The highest BCUT2D eigenvalue weighted by Gasteiger charge is 2.20. The Morgan fingerprint density at radius 3 is 2.29 bits per heavy atom. The molecule has 3 aromatic rings. The van der Waals surface area contributed by atoms with Crippen molar-refractivity contribution < 1.29 is 9.21 Å². The Kier molecular flexibility index (Phi) is 6.37. The lowest BCUT2D eigenvalue weighted by molar-refractivity contribution is 0.0914. The summed E-state index contributed by atoms with van der Waals surface area (Å²) in [4.78, 5) is 27.4. The van der Waals surface area contributed by atoms with Crippen LogP contribution in [-0.2, 0) is 5.41 Å². The highest BCUT2D eigenvalue weighted by molar-refractivity contribution is 5.93. The van der Waals surface area contributed by atoms with E-state index in [9.17, 15) is 9.59 Å². The molecule has 0 saturated heterocycles. The van der Waals surface area contributed by atoms with Crippen molar-refractivity contribution in [3.63, 3.8) is 0 Å². The zero-order chi connectivity index (χ0) is 22.9. The number of carbonyl (C=O) groups excluding carboxylic acids is 1. The van der Waals surface area contributed by atoms with E-state index >= 15 is 0 Å². The molecule has 1 amide bonds. The molecular formula is C26H32N2O3. The molecule has 0 fully saturated rings. The molecule has 2 aromatic carbocycles. The number of rotatable bonds is 5. The van der Waals surface area contributed by atoms with Gasteiger partial charge in [-0.05, 0) is 61.7 Å². The van der Waals surface area contributed by atoms with Gasteiger partial charge in [-0.1, -0.05) is 51.1 Å². The molecule has 1 unspecified atom stereocenters. The van der Waals surface area contributed by atoms with Gasteiger partial charge in [0.2, 0.25) is 0 Å². The maximum absolute atomic E-state index is 12.8. The number of aryl methyl sites for hydroxylation is 2. The number of benzene rings is 2. The van der Waals surface area contributed by atoms with E-state index in [0.717, 1.165) is 16.7 Å². The van der Waals surface area contributed by atoms with Gasteiger partial charge in [-0.3, -0.25) is 9.59 Å². The van der Waals surface area contributed by atoms with Crippen molar-refractivity contribution in [2.75, 3.05) is 20.6 Å². The summed E-state index contributed by atoms with van der Waals surface area (Å²) in [5, 5.41) is 3.43. The van der Waals surface area contributed by atoms with E-state index in [1.54, 1.807) is 6.07 Å². The van der Waals surface area contributed by atoms with Crippen molar-refractivity contribution in [1.29, 1.82) is 0 Å². The summed E-state index contributed by atoms with van der Waals surface area (Å²) in [6, 6.07) is 13.4. The molecule has 5 heteroatoms. The van der Waals surface area contributed by atoms with Crippen molar-refractivity contribution >= 4 is 16.9 Å². The van der Waals surface area contributed by atoms with Crippen LogP contribution < -0.4 is 10.7 Å². The van der Waals surface area contributed by atoms with Gasteiger partial charge in [0.05, 0.1) is 11.4 Å². The summed E-state index contributed by atoms with van der Waals surface area (Å²) in [5.41, 5.74) is 4.61. The molecular weight excluding hydrogens is 388 g/mol. The molecule has 1 heterocycles. The molecule has 1 atom stereocenters. The van der Waals surface area contributed by atoms with Gasteiger partial charge in [0.15, 0.2) is 11.2 Å². The lowest BCUT2D eigenvalue weighted by atomic mass is 9.86. The largest absolute Gasteiger partial charge is 0.450 e. The minimum Gasteiger partial charge on any atom is -0.450 e. The first-order valence-corrected chi connectivity index (χ1v) is 10.6. The molecule has 0 spiro atoms. The highest BCUT2D eigenvalue weighted by atomic mass is 16.3. The molecule has 0 radical (unpaired) electrons. The predicted molar refractivity (Wildman–Crippen MR) is 126 cm³/mol. The molecule has 0 bridgehead atoms. The van der Waals surface area contributed by atoms with Crippen LogP contribution in [0.25, 0.3) is 11.0 Å². The van der Waals surface area contributed by atoms with Crippen molar-refractivity contribution in [2.45, 2.75) is 46.1 Å². The number of hydrogen-bond acceptors (Lipinski definition) is 4. The predicted octanol–water partition coefficient (Wildman–Crippen LogP) is 4.74. The lowest BCUT2D eigenvalue weighted by Gasteiger charge is -2.26. The standard InChI is InChI=1S/C26H32N2O3/c1-16-8-13-20-22(29)14-23(31-24(20)17(16)2)25(30)27-15-21(28(6)7)18-9-11-19(12-10-18)26(3,4)5/h8-14,21H,15H2,1-7H3,(H,27,30). The summed E-state index contributed by atoms with van der Waals surface area (Å²) in [7, 11) is 3.97. The number of hydrogen-bond donors (Lipinski definition) is 1. The van der Waals surface area contributed by atoms with E-state index in [4.69, 9.17) is 4.42 Å². The fraction of sp³-hybridized carbons (Fsp3) is 0.385. The number of carbonyl (C=O) groups is 1. The Balaban J connectivity index is 1.82. The van der Waals surface area contributed by atoms with Crippen molar-refractivity contribution in [3.05, 3.63) is 80.7 Å². The first-order chi connectivity index (χ1) is 14.5. The third-order valence-corrected chi connectivity index (χ3v) is 5.88. The average Bonchev–Trinajstić information content (AvgIpc) is 2.70. The van der Waals surface area contributed by atoms with Gasteiger partial charge in [-0.2, -0.15) is 0 Å². The van der Waals surface area contributed by atoms with Crippen molar-refractivity contribution in [3.8, 4) is 0 Å². The van der Waals surface area contributed by atoms with Crippen LogP contribution in [0, 0.1) is 13.8 Å². The van der Waals surface area contributed by atoms with Crippen molar-refractivity contribution in [2.24, 2.45) is 0 Å². The van der Waals surface area contributed by atoms with Gasteiger partial charge in [0, 0.05) is 12.6 Å². The average molecular weight is 421 g/mol. The first-order valence-electron chi connectivity index (χ1n) is 10.6. The monoisotopic (exact) mass is 420 g/mol. The number of fused-ring (bicyclic) bond motifs is 1. The summed E-state index contributed by atoms with van der Waals surface area (Å²) >= 11 is 0. The smallest absolute Gasteiger partial charge is 0.287 e. The molecule has 164 valence electrons. The van der Waals surface area contributed by atoms with Gasteiger partial charge in [-0.25, -0.2) is 0 Å². The number of nitrogens with zero attached hydrogens (tertiary/aromatic N) is 1. The van der Waals surface area contributed by atoms with Gasteiger partial charge < -0.3 is 14.6 Å². The second-order valence-corrected chi connectivity index (χ2v) is 9.42. The minimum absolute atomic E-state index is 0.00544. The number of likely N-dealkylation sites (N-methyl/N-ethyl adjacent to an activating group) is 1. The minimum atomic E-state index is -0.391. The lowest BCUT2D eigenvalue weighted by Crippen LogP contribution is -2.35. The van der Waals surface area contributed by atoms with Crippen molar-refractivity contribution in [1.82, 2.24) is 10.2 Å². The molecule has 5 nitrogen and oxygen atoms in total.